The fraction of sp³-hybridized carbons (Fsp3) is 0.219. The monoisotopic (exact) mass is 490 g/mol. The van der Waals surface area contributed by atoms with Crippen LogP contribution in [0.25, 0.3) is 10.8 Å². The number of allylic oxidation sites excluding steroid dienone is 2. The molecule has 4 aromatic rings. The Kier molecular flexibility index (Phi) is 6.05. The smallest absolute Gasteiger partial charge is 0.257 e. The van der Waals surface area contributed by atoms with E-state index in [1.54, 1.807) is 7.11 Å². The van der Waals surface area contributed by atoms with Crippen LogP contribution in [0.5, 0.6) is 11.5 Å². The van der Waals surface area contributed by atoms with E-state index in [1.165, 1.54) is 10.8 Å². The van der Waals surface area contributed by atoms with Gasteiger partial charge in [0.1, 0.15) is 11.5 Å². The Hall–Kier alpha value is -4.25. The van der Waals surface area contributed by atoms with E-state index in [4.69, 9.17) is 9.47 Å². The Balaban J connectivity index is 1.40. The molecule has 2 aliphatic rings. The van der Waals surface area contributed by atoms with Crippen molar-refractivity contribution < 1.29 is 14.3 Å². The lowest BCUT2D eigenvalue weighted by molar-refractivity contribution is 0.102. The highest BCUT2D eigenvalue weighted by Crippen LogP contribution is 2.53. The van der Waals surface area contributed by atoms with Crippen molar-refractivity contribution in [2.75, 3.05) is 24.4 Å². The first-order valence-corrected chi connectivity index (χ1v) is 12.8. The van der Waals surface area contributed by atoms with E-state index in [-0.39, 0.29) is 17.9 Å². The maximum absolute atomic E-state index is 13.5. The van der Waals surface area contributed by atoms with E-state index in [0.717, 1.165) is 40.4 Å². The van der Waals surface area contributed by atoms with Crippen molar-refractivity contribution in [1.82, 2.24) is 0 Å². The summed E-state index contributed by atoms with van der Waals surface area (Å²) in [6.45, 7) is 2.55. The molecule has 0 saturated carbocycles. The zero-order valence-corrected chi connectivity index (χ0v) is 21.0. The standard InChI is InChI=1S/C32H30N2O3/c1-3-37-22-17-15-21(16-18-22)33-32(35)27-13-7-11-25-24-10-6-12-26(24)31(34-30(25)27)29-23-9-5-4-8-20(23)14-19-28(29)36-2/h4-11,13-19,24,26,31,34H,3,12H2,1-2H3,(H,33,35). The van der Waals surface area contributed by atoms with Crippen LogP contribution in [0.3, 0.4) is 0 Å². The second-order valence-electron chi connectivity index (χ2n) is 9.56. The Morgan fingerprint density at radius 2 is 1.84 bits per heavy atom. The molecule has 186 valence electrons. The molecule has 0 bridgehead atoms. The van der Waals surface area contributed by atoms with Crippen LogP contribution in [-0.4, -0.2) is 19.6 Å². The van der Waals surface area contributed by atoms with Crippen molar-refractivity contribution in [1.29, 1.82) is 0 Å². The van der Waals surface area contributed by atoms with Gasteiger partial charge in [-0.2, -0.15) is 0 Å². The van der Waals surface area contributed by atoms with Gasteiger partial charge in [0.15, 0.2) is 0 Å². The third kappa shape index (κ3) is 4.10. The Bertz CT molecular complexity index is 1490. The number of carbonyl (C=O) groups is 1. The number of rotatable bonds is 6. The summed E-state index contributed by atoms with van der Waals surface area (Å²) in [5.74, 6) is 2.06. The van der Waals surface area contributed by atoms with Crippen LogP contribution in [0, 0.1) is 5.92 Å². The average molecular weight is 491 g/mol. The zero-order valence-electron chi connectivity index (χ0n) is 21.0. The van der Waals surface area contributed by atoms with Crippen LogP contribution < -0.4 is 20.1 Å². The van der Waals surface area contributed by atoms with Crippen molar-refractivity contribution in [3.05, 3.63) is 108 Å². The molecule has 5 heteroatoms. The fourth-order valence-corrected chi connectivity index (χ4v) is 5.87. The van der Waals surface area contributed by atoms with E-state index in [1.807, 2.05) is 43.3 Å². The third-order valence-corrected chi connectivity index (χ3v) is 7.53. The summed E-state index contributed by atoms with van der Waals surface area (Å²) in [4.78, 5) is 13.5. The Morgan fingerprint density at radius 3 is 2.65 bits per heavy atom. The highest BCUT2D eigenvalue weighted by molar-refractivity contribution is 6.09. The minimum absolute atomic E-state index is 0.00650. The van der Waals surface area contributed by atoms with Crippen LogP contribution in [0.2, 0.25) is 0 Å². The molecule has 1 aliphatic carbocycles. The molecule has 5 nitrogen and oxygen atoms in total. The number of nitrogens with one attached hydrogen (secondary N) is 2. The molecule has 37 heavy (non-hydrogen) atoms. The number of hydrogen-bond acceptors (Lipinski definition) is 4. The molecule has 0 saturated heterocycles. The van der Waals surface area contributed by atoms with Gasteiger partial charge < -0.3 is 20.1 Å². The quantitative estimate of drug-likeness (QED) is 0.278. The van der Waals surface area contributed by atoms with Gasteiger partial charge in [0.2, 0.25) is 0 Å². The normalized spacial score (nSPS) is 19.6. The molecule has 4 aromatic carbocycles. The van der Waals surface area contributed by atoms with Crippen molar-refractivity contribution in [3.63, 3.8) is 0 Å². The number of ether oxygens (including phenoxy) is 2. The zero-order chi connectivity index (χ0) is 25.4. The highest BCUT2D eigenvalue weighted by Gasteiger charge is 2.41. The number of amides is 1. The Labute approximate surface area is 217 Å². The van der Waals surface area contributed by atoms with E-state index in [9.17, 15) is 4.79 Å². The molecule has 0 radical (unpaired) electrons. The third-order valence-electron chi connectivity index (χ3n) is 7.53. The number of anilines is 2. The molecule has 2 N–H and O–H groups in total. The summed E-state index contributed by atoms with van der Waals surface area (Å²) >= 11 is 0. The number of hydrogen-bond donors (Lipinski definition) is 2. The van der Waals surface area contributed by atoms with Gasteiger partial charge in [-0.3, -0.25) is 4.79 Å². The minimum Gasteiger partial charge on any atom is -0.496 e. The van der Waals surface area contributed by atoms with Gasteiger partial charge in [0.25, 0.3) is 5.91 Å². The number of fused-ring (bicyclic) bond motifs is 4. The van der Waals surface area contributed by atoms with Crippen LogP contribution in [-0.2, 0) is 0 Å². The number of benzene rings is 4. The molecule has 3 atom stereocenters. The first kappa shape index (κ1) is 23.2. The second kappa shape index (κ2) is 9.66. The molecular formula is C32H30N2O3. The van der Waals surface area contributed by atoms with Gasteiger partial charge in [0.05, 0.1) is 31.0 Å². The summed E-state index contributed by atoms with van der Waals surface area (Å²) in [7, 11) is 1.73. The van der Waals surface area contributed by atoms with Gasteiger partial charge in [-0.15, -0.1) is 0 Å². The van der Waals surface area contributed by atoms with E-state index in [0.29, 0.717) is 18.1 Å². The lowest BCUT2D eigenvalue weighted by Gasteiger charge is -2.39. The second-order valence-corrected chi connectivity index (χ2v) is 9.56. The Morgan fingerprint density at radius 1 is 1.00 bits per heavy atom. The SMILES string of the molecule is CCOc1ccc(NC(=O)c2cccc3c2NC(c2c(OC)ccc4ccccc24)C2CC=CC32)cc1. The van der Waals surface area contributed by atoms with Crippen molar-refractivity contribution in [2.45, 2.75) is 25.3 Å². The molecule has 3 unspecified atom stereocenters. The summed E-state index contributed by atoms with van der Waals surface area (Å²) in [6.07, 6.45) is 5.53. The number of methoxy groups -OCH3 is 1. The van der Waals surface area contributed by atoms with E-state index < -0.39 is 0 Å². The first-order valence-electron chi connectivity index (χ1n) is 12.8. The van der Waals surface area contributed by atoms with Gasteiger partial charge >= 0.3 is 0 Å². The summed E-state index contributed by atoms with van der Waals surface area (Å²) < 4.78 is 11.4. The maximum Gasteiger partial charge on any atom is 0.257 e. The van der Waals surface area contributed by atoms with Gasteiger partial charge in [0, 0.05) is 17.2 Å². The average Bonchev–Trinajstić information content (AvgIpc) is 3.43. The van der Waals surface area contributed by atoms with E-state index in [2.05, 4.69) is 65.3 Å². The van der Waals surface area contributed by atoms with Crippen molar-refractivity contribution in [2.24, 2.45) is 5.92 Å². The molecule has 0 fully saturated rings. The molecule has 1 aliphatic heterocycles. The lowest BCUT2D eigenvalue weighted by atomic mass is 9.75. The molecule has 0 spiro atoms. The number of carbonyl (C=O) groups excluding carboxylic acids is 1. The largest absolute Gasteiger partial charge is 0.496 e. The molecular weight excluding hydrogens is 460 g/mol. The maximum atomic E-state index is 13.5. The summed E-state index contributed by atoms with van der Waals surface area (Å²) in [6, 6.07) is 26.1. The van der Waals surface area contributed by atoms with Crippen molar-refractivity contribution >= 4 is 28.1 Å². The molecule has 6 rings (SSSR count). The predicted molar refractivity (Wildman–Crippen MR) is 149 cm³/mol. The van der Waals surface area contributed by atoms with Gasteiger partial charge in [-0.25, -0.2) is 0 Å². The van der Waals surface area contributed by atoms with Crippen LogP contribution in [0.4, 0.5) is 11.4 Å². The minimum atomic E-state index is -0.141. The first-order chi connectivity index (χ1) is 18.2. The van der Waals surface area contributed by atoms with Crippen LogP contribution in [0.15, 0.2) is 91.0 Å². The van der Waals surface area contributed by atoms with Crippen molar-refractivity contribution in [3.8, 4) is 11.5 Å². The van der Waals surface area contributed by atoms with Gasteiger partial charge in [-0.05, 0) is 72.0 Å². The number of para-hydroxylation sites is 1. The van der Waals surface area contributed by atoms with Gasteiger partial charge in [-0.1, -0.05) is 54.6 Å². The van der Waals surface area contributed by atoms with Crippen LogP contribution >= 0.6 is 0 Å². The van der Waals surface area contributed by atoms with E-state index >= 15 is 0 Å². The molecule has 1 heterocycles. The highest BCUT2D eigenvalue weighted by atomic mass is 16.5. The fourth-order valence-electron chi connectivity index (χ4n) is 5.87. The summed E-state index contributed by atoms with van der Waals surface area (Å²) in [5.41, 5.74) is 4.56. The predicted octanol–water partition coefficient (Wildman–Crippen LogP) is 7.33. The summed E-state index contributed by atoms with van der Waals surface area (Å²) in [5, 5.41) is 9.23. The topological polar surface area (TPSA) is 59.6 Å². The lowest BCUT2D eigenvalue weighted by Crippen LogP contribution is -2.31. The van der Waals surface area contributed by atoms with Crippen LogP contribution in [0.1, 0.15) is 46.8 Å². The molecule has 1 amide bonds. The molecule has 0 aromatic heterocycles.